The topological polar surface area (TPSA) is 69.7 Å². The molecule has 0 radical (unpaired) electrons. The molecule has 2 atom stereocenters. The molecule has 0 bridgehead atoms. The maximum atomic E-state index is 12.1. The van der Waals surface area contributed by atoms with Gasteiger partial charge in [-0.2, -0.15) is 8.42 Å². The van der Waals surface area contributed by atoms with Crippen LogP contribution in [-0.4, -0.2) is 26.6 Å². The first-order chi connectivity index (χ1) is 11.9. The van der Waals surface area contributed by atoms with Gasteiger partial charge in [-0.05, 0) is 38.1 Å². The van der Waals surface area contributed by atoms with Crippen molar-refractivity contribution in [2.75, 3.05) is 0 Å². The Hall–Kier alpha value is -2.62. The van der Waals surface area contributed by atoms with Crippen molar-refractivity contribution in [3.63, 3.8) is 0 Å². The van der Waals surface area contributed by atoms with E-state index < -0.39 is 28.3 Å². The van der Waals surface area contributed by atoms with Gasteiger partial charge in [-0.25, -0.2) is 4.79 Å². The lowest BCUT2D eigenvalue weighted by Crippen LogP contribution is -2.16. The van der Waals surface area contributed by atoms with E-state index >= 15 is 0 Å². The Labute approximate surface area is 147 Å². The first-order valence-electron chi connectivity index (χ1n) is 7.64. The lowest BCUT2D eigenvalue weighted by atomic mass is 10.2. The van der Waals surface area contributed by atoms with Gasteiger partial charge >= 0.3 is 5.97 Å². The van der Waals surface area contributed by atoms with E-state index in [-0.39, 0.29) is 4.90 Å². The minimum atomic E-state index is -3.88. The molecule has 0 spiro atoms. The fraction of sp³-hybridized carbons (Fsp3) is 0.211. The number of benzene rings is 2. The van der Waals surface area contributed by atoms with Crippen LogP contribution in [0.3, 0.4) is 0 Å². The maximum Gasteiger partial charge on any atom is 0.339 e. The van der Waals surface area contributed by atoms with Crippen LogP contribution in [0.2, 0.25) is 0 Å². The number of rotatable bonds is 5. The van der Waals surface area contributed by atoms with Crippen molar-refractivity contribution in [2.24, 2.45) is 0 Å². The van der Waals surface area contributed by atoms with E-state index in [0.29, 0.717) is 5.56 Å². The summed E-state index contributed by atoms with van der Waals surface area (Å²) in [4.78, 5) is 12.0. The molecule has 0 aliphatic heterocycles. The predicted octanol–water partition coefficient (Wildman–Crippen LogP) is 3.03. The van der Waals surface area contributed by atoms with Crippen LogP contribution in [0.15, 0.2) is 65.6 Å². The molecule has 25 heavy (non-hydrogen) atoms. The third kappa shape index (κ3) is 5.75. The number of hydrogen-bond acceptors (Lipinski definition) is 5. The second kappa shape index (κ2) is 8.47. The van der Waals surface area contributed by atoms with Gasteiger partial charge in [0.05, 0.1) is 10.5 Å². The number of carbonyl (C=O) groups is 1. The molecule has 0 saturated heterocycles. The molecule has 2 unspecified atom stereocenters. The summed E-state index contributed by atoms with van der Waals surface area (Å²) in [5, 5.41) is 0. The van der Waals surface area contributed by atoms with E-state index in [0.717, 1.165) is 0 Å². The fourth-order valence-corrected chi connectivity index (χ4v) is 2.95. The summed E-state index contributed by atoms with van der Waals surface area (Å²) in [6.07, 6.45) is -1.57. The monoisotopic (exact) mass is 358 g/mol. The summed E-state index contributed by atoms with van der Waals surface area (Å²) in [6.45, 7) is 3.12. The minimum absolute atomic E-state index is 0.0622. The van der Waals surface area contributed by atoms with Gasteiger partial charge in [0.15, 0.2) is 6.10 Å². The van der Waals surface area contributed by atoms with Gasteiger partial charge in [-0.3, -0.25) is 4.18 Å². The Balaban J connectivity index is 1.95. The number of carbonyl (C=O) groups excluding carboxylic acids is 1. The van der Waals surface area contributed by atoms with Crippen molar-refractivity contribution in [1.82, 2.24) is 0 Å². The zero-order chi connectivity index (χ0) is 18.3. The molecule has 0 aliphatic carbocycles. The van der Waals surface area contributed by atoms with E-state index in [1.165, 1.54) is 19.1 Å². The molecule has 0 saturated carbocycles. The van der Waals surface area contributed by atoms with Crippen LogP contribution in [0.5, 0.6) is 0 Å². The predicted molar refractivity (Wildman–Crippen MR) is 93.3 cm³/mol. The Morgan fingerprint density at radius 1 is 0.880 bits per heavy atom. The summed E-state index contributed by atoms with van der Waals surface area (Å²) in [6, 6.07) is 16.4. The van der Waals surface area contributed by atoms with Gasteiger partial charge in [-0.15, -0.1) is 0 Å². The van der Waals surface area contributed by atoms with Crippen molar-refractivity contribution < 1.29 is 22.1 Å². The SMILES string of the molecule is CC(C#CC(C)OS(=O)(=O)c1ccccc1)OC(=O)c1ccccc1. The second-order valence-electron chi connectivity index (χ2n) is 5.21. The van der Waals surface area contributed by atoms with Crippen LogP contribution in [0.25, 0.3) is 0 Å². The van der Waals surface area contributed by atoms with E-state index in [4.69, 9.17) is 8.92 Å². The fourth-order valence-electron chi connectivity index (χ4n) is 1.92. The van der Waals surface area contributed by atoms with Crippen LogP contribution in [0, 0.1) is 11.8 Å². The molecule has 2 aromatic rings. The van der Waals surface area contributed by atoms with Crippen molar-refractivity contribution in [2.45, 2.75) is 31.0 Å². The van der Waals surface area contributed by atoms with Gasteiger partial charge in [0, 0.05) is 0 Å². The van der Waals surface area contributed by atoms with Crippen molar-refractivity contribution in [3.05, 3.63) is 66.2 Å². The van der Waals surface area contributed by atoms with Crippen molar-refractivity contribution in [1.29, 1.82) is 0 Å². The molecule has 5 nitrogen and oxygen atoms in total. The average molecular weight is 358 g/mol. The first-order valence-corrected chi connectivity index (χ1v) is 9.05. The standard InChI is InChI=1S/C19H18O5S/c1-15(23-19(20)17-9-5-3-6-10-17)13-14-16(2)24-25(21,22)18-11-7-4-8-12-18/h3-12,15-16H,1-2H3. The molecule has 6 heteroatoms. The molecule has 0 aliphatic rings. The lowest BCUT2D eigenvalue weighted by molar-refractivity contribution is 0.0438. The van der Waals surface area contributed by atoms with Crippen LogP contribution in [0.1, 0.15) is 24.2 Å². The molecule has 0 N–H and O–H groups in total. The highest BCUT2D eigenvalue weighted by Gasteiger charge is 2.17. The largest absolute Gasteiger partial charge is 0.446 e. The Kier molecular flexibility index (Phi) is 6.34. The number of esters is 1. The molecule has 0 aromatic heterocycles. The summed E-state index contributed by atoms with van der Waals surface area (Å²) < 4.78 is 34.4. The normalized spacial score (nSPS) is 13.2. The highest BCUT2D eigenvalue weighted by molar-refractivity contribution is 7.86. The van der Waals surface area contributed by atoms with Crippen molar-refractivity contribution >= 4 is 16.1 Å². The molecule has 130 valence electrons. The third-order valence-corrected chi connectivity index (χ3v) is 4.48. The average Bonchev–Trinajstić information content (AvgIpc) is 2.61. The Morgan fingerprint density at radius 2 is 1.40 bits per heavy atom. The zero-order valence-electron chi connectivity index (χ0n) is 13.9. The molecule has 2 rings (SSSR count). The van der Waals surface area contributed by atoms with Gasteiger partial charge in [-0.1, -0.05) is 48.2 Å². The molecule has 2 aromatic carbocycles. The minimum Gasteiger partial charge on any atom is -0.446 e. The third-order valence-electron chi connectivity index (χ3n) is 3.09. The Morgan fingerprint density at radius 3 is 2.00 bits per heavy atom. The van der Waals surface area contributed by atoms with Crippen LogP contribution >= 0.6 is 0 Å². The van der Waals surface area contributed by atoms with E-state index in [1.807, 2.05) is 0 Å². The van der Waals surface area contributed by atoms with Crippen LogP contribution < -0.4 is 0 Å². The van der Waals surface area contributed by atoms with Gasteiger partial charge in [0.2, 0.25) is 0 Å². The molecular weight excluding hydrogens is 340 g/mol. The molecule has 0 fully saturated rings. The van der Waals surface area contributed by atoms with E-state index in [9.17, 15) is 13.2 Å². The summed E-state index contributed by atoms with van der Waals surface area (Å²) in [7, 11) is -3.88. The number of hydrogen-bond donors (Lipinski definition) is 0. The smallest absolute Gasteiger partial charge is 0.339 e. The van der Waals surface area contributed by atoms with E-state index in [2.05, 4.69) is 11.8 Å². The second-order valence-corrected chi connectivity index (χ2v) is 6.78. The quantitative estimate of drug-likeness (QED) is 0.467. The highest BCUT2D eigenvalue weighted by atomic mass is 32.2. The zero-order valence-corrected chi connectivity index (χ0v) is 14.7. The molecular formula is C19H18O5S. The summed E-state index contributed by atoms with van der Waals surface area (Å²) >= 11 is 0. The number of ether oxygens (including phenoxy) is 1. The van der Waals surface area contributed by atoms with Gasteiger partial charge < -0.3 is 4.74 Å². The van der Waals surface area contributed by atoms with Gasteiger partial charge in [0.25, 0.3) is 10.1 Å². The van der Waals surface area contributed by atoms with Crippen molar-refractivity contribution in [3.8, 4) is 11.8 Å². The Bertz CT molecular complexity index is 864. The lowest BCUT2D eigenvalue weighted by Gasteiger charge is -2.09. The first kappa shape index (κ1) is 18.7. The summed E-state index contributed by atoms with van der Waals surface area (Å²) in [5.74, 6) is 4.82. The molecule has 0 heterocycles. The van der Waals surface area contributed by atoms with Crippen LogP contribution in [0.4, 0.5) is 0 Å². The molecule has 0 amide bonds. The van der Waals surface area contributed by atoms with E-state index in [1.54, 1.807) is 55.5 Å². The van der Waals surface area contributed by atoms with Gasteiger partial charge in [0.1, 0.15) is 6.10 Å². The summed E-state index contributed by atoms with van der Waals surface area (Å²) in [5.41, 5.74) is 0.423. The highest BCUT2D eigenvalue weighted by Crippen LogP contribution is 2.13. The maximum absolute atomic E-state index is 12.1. The van der Waals surface area contributed by atoms with Crippen LogP contribution in [-0.2, 0) is 19.0 Å².